The SMILES string of the molecule is CCCCCCCCc1c(C)nc2ncnn2c1N.Cc1ccc(COc2ncc(F)c(N)n2)cc1. The lowest BCUT2D eigenvalue weighted by molar-refractivity contribution is 0.280. The lowest BCUT2D eigenvalue weighted by Gasteiger charge is -2.09. The van der Waals surface area contributed by atoms with Gasteiger partial charge in [0.15, 0.2) is 11.6 Å². The van der Waals surface area contributed by atoms with Gasteiger partial charge in [0.05, 0.1) is 6.20 Å². The molecule has 0 amide bonds. The second-order valence-corrected chi connectivity index (χ2v) is 8.71. The lowest BCUT2D eigenvalue weighted by Crippen LogP contribution is -2.08. The Bertz CT molecular complexity index is 1240. The highest BCUT2D eigenvalue weighted by Gasteiger charge is 2.11. The molecule has 0 radical (unpaired) electrons. The maximum atomic E-state index is 12.8. The minimum absolute atomic E-state index is 0.0736. The third-order valence-corrected chi connectivity index (χ3v) is 5.79. The molecule has 0 aliphatic rings. The maximum absolute atomic E-state index is 12.8. The van der Waals surface area contributed by atoms with Crippen molar-refractivity contribution in [1.82, 2.24) is 29.5 Å². The molecule has 0 saturated carbocycles. The first-order valence-corrected chi connectivity index (χ1v) is 12.3. The van der Waals surface area contributed by atoms with E-state index in [2.05, 4.69) is 32.0 Å². The van der Waals surface area contributed by atoms with Crippen molar-refractivity contribution in [3.8, 4) is 6.01 Å². The third kappa shape index (κ3) is 7.59. The molecule has 192 valence electrons. The smallest absolute Gasteiger partial charge is 0.318 e. The van der Waals surface area contributed by atoms with Crippen LogP contribution in [0, 0.1) is 19.7 Å². The zero-order valence-electron chi connectivity index (χ0n) is 21.2. The van der Waals surface area contributed by atoms with Gasteiger partial charge in [-0.05, 0) is 32.3 Å². The van der Waals surface area contributed by atoms with Crippen LogP contribution in [-0.2, 0) is 13.0 Å². The Morgan fingerprint density at radius 2 is 1.67 bits per heavy atom. The Labute approximate surface area is 211 Å². The summed E-state index contributed by atoms with van der Waals surface area (Å²) in [5.41, 5.74) is 15.7. The number of hydrogen-bond donors (Lipinski definition) is 2. The minimum atomic E-state index is -0.646. The van der Waals surface area contributed by atoms with Crippen molar-refractivity contribution in [2.45, 2.75) is 72.3 Å². The molecule has 0 aliphatic heterocycles. The fourth-order valence-electron chi connectivity index (χ4n) is 3.67. The molecule has 4 rings (SSSR count). The predicted octanol–water partition coefficient (Wildman–Crippen LogP) is 5.00. The van der Waals surface area contributed by atoms with Gasteiger partial charge in [0.1, 0.15) is 18.8 Å². The number of halogens is 1. The van der Waals surface area contributed by atoms with Crippen LogP contribution in [0.3, 0.4) is 0 Å². The number of unbranched alkanes of at least 4 members (excludes halogenated alkanes) is 5. The number of nitrogens with zero attached hydrogens (tertiary/aromatic N) is 6. The van der Waals surface area contributed by atoms with E-state index in [0.29, 0.717) is 18.2 Å². The quantitative estimate of drug-likeness (QED) is 0.294. The second-order valence-electron chi connectivity index (χ2n) is 8.71. The first-order valence-electron chi connectivity index (χ1n) is 12.3. The number of benzene rings is 1. The summed E-state index contributed by atoms with van der Waals surface area (Å²) in [7, 11) is 0. The van der Waals surface area contributed by atoms with Crippen LogP contribution in [0.15, 0.2) is 36.8 Å². The molecule has 4 aromatic rings. The standard InChI is InChI=1S/C14H23N5.C12H12FN3O/c1-3-4-5-6-7-8-9-12-11(2)18-14-16-10-17-19(14)13(12)15;1-8-2-4-9(5-3-8)7-17-12-15-6-10(13)11(14)16-12/h10H,3-9,15H2,1-2H3;2-6H,7H2,1H3,(H2,14,15,16). The molecule has 0 saturated heterocycles. The molecule has 9 nitrogen and oxygen atoms in total. The van der Waals surface area contributed by atoms with Crippen LogP contribution in [0.4, 0.5) is 16.0 Å². The van der Waals surface area contributed by atoms with Crippen LogP contribution in [-0.4, -0.2) is 29.5 Å². The van der Waals surface area contributed by atoms with Crippen molar-refractivity contribution in [1.29, 1.82) is 0 Å². The zero-order valence-corrected chi connectivity index (χ0v) is 21.2. The Morgan fingerprint density at radius 1 is 0.944 bits per heavy atom. The van der Waals surface area contributed by atoms with Crippen molar-refractivity contribution in [2.75, 3.05) is 11.5 Å². The molecule has 0 atom stereocenters. The highest BCUT2D eigenvalue weighted by atomic mass is 19.1. The van der Waals surface area contributed by atoms with E-state index in [4.69, 9.17) is 16.2 Å². The van der Waals surface area contributed by atoms with Crippen molar-refractivity contribution in [2.24, 2.45) is 0 Å². The molecule has 0 fully saturated rings. The van der Waals surface area contributed by atoms with E-state index in [1.165, 1.54) is 44.0 Å². The van der Waals surface area contributed by atoms with Crippen molar-refractivity contribution >= 4 is 17.4 Å². The largest absolute Gasteiger partial charge is 0.459 e. The van der Waals surface area contributed by atoms with Gasteiger partial charge in [-0.15, -0.1) is 0 Å². The van der Waals surface area contributed by atoms with E-state index in [9.17, 15) is 4.39 Å². The predicted molar refractivity (Wildman–Crippen MR) is 139 cm³/mol. The number of nitrogen functional groups attached to an aromatic ring is 2. The van der Waals surface area contributed by atoms with Gasteiger partial charge in [0.25, 0.3) is 5.78 Å². The zero-order chi connectivity index (χ0) is 25.9. The summed E-state index contributed by atoms with van der Waals surface area (Å²) in [6.07, 6.45) is 11.2. The maximum Gasteiger partial charge on any atom is 0.318 e. The van der Waals surface area contributed by atoms with Gasteiger partial charge in [-0.3, -0.25) is 0 Å². The van der Waals surface area contributed by atoms with Crippen LogP contribution in [0.5, 0.6) is 6.01 Å². The Morgan fingerprint density at radius 3 is 2.39 bits per heavy atom. The lowest BCUT2D eigenvalue weighted by atomic mass is 10.0. The molecule has 3 heterocycles. The van der Waals surface area contributed by atoms with Gasteiger partial charge < -0.3 is 16.2 Å². The molecule has 10 heteroatoms. The van der Waals surface area contributed by atoms with Crippen molar-refractivity contribution in [3.63, 3.8) is 0 Å². The molecule has 0 unspecified atom stereocenters. The number of anilines is 2. The fraction of sp³-hybridized carbons (Fsp3) is 0.423. The topological polar surface area (TPSA) is 130 Å². The van der Waals surface area contributed by atoms with E-state index < -0.39 is 5.82 Å². The monoisotopic (exact) mass is 494 g/mol. The molecule has 0 spiro atoms. The molecule has 36 heavy (non-hydrogen) atoms. The minimum Gasteiger partial charge on any atom is -0.459 e. The molecule has 1 aromatic carbocycles. The number of nitrogens with two attached hydrogens (primary N) is 2. The van der Waals surface area contributed by atoms with E-state index >= 15 is 0 Å². The van der Waals surface area contributed by atoms with E-state index in [1.54, 1.807) is 4.52 Å². The second kappa shape index (κ2) is 13.3. The molecular weight excluding hydrogens is 459 g/mol. The summed E-state index contributed by atoms with van der Waals surface area (Å²) in [5.74, 6) is 0.418. The summed E-state index contributed by atoms with van der Waals surface area (Å²) in [4.78, 5) is 15.9. The van der Waals surface area contributed by atoms with Crippen LogP contribution < -0.4 is 16.2 Å². The highest BCUT2D eigenvalue weighted by Crippen LogP contribution is 2.19. The number of aryl methyl sites for hydroxylation is 2. The van der Waals surface area contributed by atoms with Gasteiger partial charge in [-0.1, -0.05) is 68.9 Å². The first kappa shape index (κ1) is 26.8. The Balaban J connectivity index is 0.000000202. The van der Waals surface area contributed by atoms with Crippen LogP contribution in [0.2, 0.25) is 0 Å². The first-order chi connectivity index (χ1) is 17.4. The summed E-state index contributed by atoms with van der Waals surface area (Å²) in [6, 6.07) is 7.94. The van der Waals surface area contributed by atoms with E-state index in [-0.39, 0.29) is 11.8 Å². The number of fused-ring (bicyclic) bond motifs is 1. The number of rotatable bonds is 10. The fourth-order valence-corrected chi connectivity index (χ4v) is 3.67. The normalized spacial score (nSPS) is 10.8. The van der Waals surface area contributed by atoms with Gasteiger partial charge in [0.2, 0.25) is 0 Å². The summed E-state index contributed by atoms with van der Waals surface area (Å²) in [6.45, 7) is 6.57. The number of ether oxygens (including phenoxy) is 1. The molecule has 0 bridgehead atoms. The van der Waals surface area contributed by atoms with E-state index in [1.807, 2.05) is 38.1 Å². The average Bonchev–Trinajstić information content (AvgIpc) is 3.34. The number of aromatic nitrogens is 6. The Kier molecular flexibility index (Phi) is 9.91. The van der Waals surface area contributed by atoms with E-state index in [0.717, 1.165) is 35.9 Å². The molecule has 0 aliphatic carbocycles. The Hall–Kier alpha value is -3.82. The van der Waals surface area contributed by atoms with Crippen LogP contribution >= 0.6 is 0 Å². The van der Waals surface area contributed by atoms with Gasteiger partial charge in [-0.2, -0.15) is 19.6 Å². The summed E-state index contributed by atoms with van der Waals surface area (Å²) < 4.78 is 19.7. The molecule has 3 aromatic heterocycles. The van der Waals surface area contributed by atoms with Crippen LogP contribution in [0.25, 0.3) is 5.78 Å². The third-order valence-electron chi connectivity index (χ3n) is 5.79. The summed E-state index contributed by atoms with van der Waals surface area (Å²) >= 11 is 0. The van der Waals surface area contributed by atoms with Gasteiger partial charge in [0, 0.05) is 11.3 Å². The molecule has 4 N–H and O–H groups in total. The van der Waals surface area contributed by atoms with Crippen molar-refractivity contribution in [3.05, 3.63) is 65.0 Å². The average molecular weight is 495 g/mol. The van der Waals surface area contributed by atoms with Crippen LogP contribution in [0.1, 0.15) is 67.8 Å². The highest BCUT2D eigenvalue weighted by molar-refractivity contribution is 5.49. The van der Waals surface area contributed by atoms with Crippen molar-refractivity contribution < 1.29 is 9.13 Å². The van der Waals surface area contributed by atoms with Gasteiger partial charge in [-0.25, -0.2) is 14.4 Å². The molecular formula is C26H35FN8O. The van der Waals surface area contributed by atoms with Gasteiger partial charge >= 0.3 is 6.01 Å². The summed E-state index contributed by atoms with van der Waals surface area (Å²) in [5, 5.41) is 4.11. The number of hydrogen-bond acceptors (Lipinski definition) is 8.